The number of hydrogen-bond acceptors (Lipinski definition) is 3. The lowest BCUT2D eigenvalue weighted by atomic mass is 9.92. The summed E-state index contributed by atoms with van der Waals surface area (Å²) in [7, 11) is 0. The molecule has 0 aliphatic rings. The minimum atomic E-state index is -0.380. The maximum Gasteiger partial charge on any atom is 0.0897 e. The molecule has 0 saturated carbocycles. The van der Waals surface area contributed by atoms with Crippen molar-refractivity contribution in [1.29, 1.82) is 0 Å². The van der Waals surface area contributed by atoms with Crippen LogP contribution in [-0.2, 0) is 4.74 Å². The molecule has 0 saturated heterocycles. The Morgan fingerprint density at radius 1 is 1.36 bits per heavy atom. The second-order valence-electron chi connectivity index (χ2n) is 4.83. The van der Waals surface area contributed by atoms with Gasteiger partial charge in [0.25, 0.3) is 0 Å². The maximum atomic E-state index is 9.42. The van der Waals surface area contributed by atoms with Gasteiger partial charge in [0, 0.05) is 13.2 Å². The Labute approximate surface area is 87.8 Å². The third-order valence-corrected chi connectivity index (χ3v) is 1.95. The highest BCUT2D eigenvalue weighted by Crippen LogP contribution is 2.16. The first-order valence-electron chi connectivity index (χ1n) is 5.42. The molecule has 3 nitrogen and oxygen atoms in total. The van der Waals surface area contributed by atoms with Crippen molar-refractivity contribution in [2.45, 2.75) is 40.2 Å². The minimum absolute atomic E-state index is 0.359. The highest BCUT2D eigenvalue weighted by atomic mass is 16.5. The molecule has 0 bridgehead atoms. The largest absolute Gasteiger partial charge is 0.389 e. The Bertz CT molecular complexity index is 132. The van der Waals surface area contributed by atoms with Crippen LogP contribution in [0.4, 0.5) is 0 Å². The van der Waals surface area contributed by atoms with E-state index in [-0.39, 0.29) is 6.10 Å². The van der Waals surface area contributed by atoms with Gasteiger partial charge in [-0.05, 0) is 25.3 Å². The summed E-state index contributed by atoms with van der Waals surface area (Å²) in [5.41, 5.74) is 0.359. The van der Waals surface area contributed by atoms with Crippen LogP contribution >= 0.6 is 0 Å². The fourth-order valence-corrected chi connectivity index (χ4v) is 1.04. The molecule has 86 valence electrons. The van der Waals surface area contributed by atoms with Gasteiger partial charge in [-0.15, -0.1) is 0 Å². The third-order valence-electron chi connectivity index (χ3n) is 1.95. The van der Waals surface area contributed by atoms with Gasteiger partial charge in [-0.2, -0.15) is 0 Å². The number of hydrogen-bond donors (Lipinski definition) is 2. The average molecular weight is 203 g/mol. The van der Waals surface area contributed by atoms with Gasteiger partial charge >= 0.3 is 0 Å². The highest BCUT2D eigenvalue weighted by Gasteiger charge is 2.09. The zero-order valence-corrected chi connectivity index (χ0v) is 9.97. The van der Waals surface area contributed by atoms with Crippen LogP contribution in [0.3, 0.4) is 0 Å². The molecule has 0 spiro atoms. The van der Waals surface area contributed by atoms with Crippen LogP contribution in [0.1, 0.15) is 34.1 Å². The monoisotopic (exact) mass is 203 g/mol. The van der Waals surface area contributed by atoms with E-state index in [0.29, 0.717) is 25.2 Å². The number of nitrogens with one attached hydrogen (secondary N) is 1. The molecule has 1 unspecified atom stereocenters. The third kappa shape index (κ3) is 9.96. The Balaban J connectivity index is 3.27. The van der Waals surface area contributed by atoms with E-state index in [9.17, 15) is 5.11 Å². The van der Waals surface area contributed by atoms with Crippen molar-refractivity contribution in [3.8, 4) is 0 Å². The van der Waals surface area contributed by atoms with E-state index in [2.05, 4.69) is 26.1 Å². The first-order valence-corrected chi connectivity index (χ1v) is 5.42. The number of aliphatic hydroxyl groups is 1. The predicted octanol–water partition coefficient (Wildman–Crippen LogP) is 1.41. The summed E-state index contributed by atoms with van der Waals surface area (Å²) >= 11 is 0. The van der Waals surface area contributed by atoms with Crippen molar-refractivity contribution in [3.63, 3.8) is 0 Å². The Hall–Kier alpha value is -0.120. The van der Waals surface area contributed by atoms with Crippen LogP contribution in [0.2, 0.25) is 0 Å². The van der Waals surface area contributed by atoms with E-state index in [1.165, 1.54) is 0 Å². The molecule has 0 aromatic heterocycles. The molecule has 0 radical (unpaired) electrons. The lowest BCUT2D eigenvalue weighted by Crippen LogP contribution is -2.32. The molecule has 0 amide bonds. The van der Waals surface area contributed by atoms with Gasteiger partial charge in [-0.1, -0.05) is 20.8 Å². The standard InChI is InChI=1S/C11H25NO2/c1-5-14-9-10(13)8-12-7-6-11(2,3)4/h10,12-13H,5-9H2,1-4H3. The van der Waals surface area contributed by atoms with Crippen LogP contribution < -0.4 is 5.32 Å². The smallest absolute Gasteiger partial charge is 0.0897 e. The van der Waals surface area contributed by atoms with Gasteiger partial charge in [0.15, 0.2) is 0 Å². The molecule has 14 heavy (non-hydrogen) atoms. The normalized spacial score (nSPS) is 14.4. The molecule has 0 aromatic carbocycles. The average Bonchev–Trinajstić information content (AvgIpc) is 2.07. The van der Waals surface area contributed by atoms with E-state index in [4.69, 9.17) is 4.74 Å². The van der Waals surface area contributed by atoms with E-state index in [1.807, 2.05) is 6.92 Å². The molecule has 0 fully saturated rings. The van der Waals surface area contributed by atoms with Crippen molar-refractivity contribution in [2.75, 3.05) is 26.3 Å². The van der Waals surface area contributed by atoms with Gasteiger partial charge in [-0.25, -0.2) is 0 Å². The molecule has 0 aliphatic heterocycles. The Morgan fingerprint density at radius 2 is 2.00 bits per heavy atom. The van der Waals surface area contributed by atoms with Crippen LogP contribution in [0.15, 0.2) is 0 Å². The van der Waals surface area contributed by atoms with Gasteiger partial charge in [0.1, 0.15) is 0 Å². The second kappa shape index (κ2) is 7.21. The first-order chi connectivity index (χ1) is 6.45. The summed E-state index contributed by atoms with van der Waals surface area (Å²) in [5.74, 6) is 0. The zero-order valence-electron chi connectivity index (χ0n) is 9.97. The van der Waals surface area contributed by atoms with Crippen molar-refractivity contribution >= 4 is 0 Å². The van der Waals surface area contributed by atoms with E-state index >= 15 is 0 Å². The Kier molecular flexibility index (Phi) is 7.15. The summed E-state index contributed by atoms with van der Waals surface area (Å²) in [6.45, 7) is 11.2. The van der Waals surface area contributed by atoms with Crippen molar-refractivity contribution in [2.24, 2.45) is 5.41 Å². The van der Waals surface area contributed by atoms with E-state index < -0.39 is 0 Å². The molecule has 0 aromatic rings. The van der Waals surface area contributed by atoms with Crippen LogP contribution in [-0.4, -0.2) is 37.5 Å². The molecule has 0 rings (SSSR count). The van der Waals surface area contributed by atoms with Gasteiger partial charge in [0.05, 0.1) is 12.7 Å². The van der Waals surface area contributed by atoms with Crippen LogP contribution in [0.25, 0.3) is 0 Å². The van der Waals surface area contributed by atoms with Crippen LogP contribution in [0.5, 0.6) is 0 Å². The lowest BCUT2D eigenvalue weighted by Gasteiger charge is -2.19. The van der Waals surface area contributed by atoms with Crippen molar-refractivity contribution in [3.05, 3.63) is 0 Å². The summed E-state index contributed by atoms with van der Waals surface area (Å²) < 4.78 is 5.10. The highest BCUT2D eigenvalue weighted by molar-refractivity contribution is 4.65. The molecule has 1 atom stereocenters. The van der Waals surface area contributed by atoms with E-state index in [1.54, 1.807) is 0 Å². The van der Waals surface area contributed by atoms with Crippen molar-refractivity contribution in [1.82, 2.24) is 5.32 Å². The van der Waals surface area contributed by atoms with Gasteiger partial charge in [0.2, 0.25) is 0 Å². The molecule has 3 heteroatoms. The summed E-state index contributed by atoms with van der Waals surface area (Å²) in [5, 5.41) is 12.6. The molecular formula is C11H25NO2. The zero-order chi connectivity index (χ0) is 11.0. The molecule has 0 aliphatic carbocycles. The SMILES string of the molecule is CCOCC(O)CNCCC(C)(C)C. The quantitative estimate of drug-likeness (QED) is 0.615. The molecule has 2 N–H and O–H groups in total. The maximum absolute atomic E-state index is 9.42. The topological polar surface area (TPSA) is 41.5 Å². The number of aliphatic hydroxyl groups excluding tert-OH is 1. The molecule has 0 heterocycles. The summed E-state index contributed by atoms with van der Waals surface area (Å²) in [6.07, 6.45) is 0.740. The summed E-state index contributed by atoms with van der Waals surface area (Å²) in [4.78, 5) is 0. The number of rotatable bonds is 7. The second-order valence-corrected chi connectivity index (χ2v) is 4.83. The van der Waals surface area contributed by atoms with E-state index in [0.717, 1.165) is 13.0 Å². The lowest BCUT2D eigenvalue weighted by molar-refractivity contribution is 0.0426. The first kappa shape index (κ1) is 13.9. The summed E-state index contributed by atoms with van der Waals surface area (Å²) in [6, 6.07) is 0. The molecular weight excluding hydrogens is 178 g/mol. The fraction of sp³-hybridized carbons (Fsp3) is 1.00. The van der Waals surface area contributed by atoms with Crippen LogP contribution in [0, 0.1) is 5.41 Å². The predicted molar refractivity (Wildman–Crippen MR) is 59.4 cm³/mol. The van der Waals surface area contributed by atoms with Crippen molar-refractivity contribution < 1.29 is 9.84 Å². The fourth-order valence-electron chi connectivity index (χ4n) is 1.04. The Morgan fingerprint density at radius 3 is 2.50 bits per heavy atom. The minimum Gasteiger partial charge on any atom is -0.389 e. The van der Waals surface area contributed by atoms with Gasteiger partial charge in [-0.3, -0.25) is 0 Å². The number of ether oxygens (including phenoxy) is 1. The van der Waals surface area contributed by atoms with Gasteiger partial charge < -0.3 is 15.2 Å².